The molecule has 0 aromatic carbocycles. The molecule has 0 N–H and O–H groups in total. The first-order valence-electron chi connectivity index (χ1n) is 5.26. The molecule has 1 amide bonds. The molecule has 0 bridgehead atoms. The predicted molar refractivity (Wildman–Crippen MR) is 64.2 cm³/mol. The summed E-state index contributed by atoms with van der Waals surface area (Å²) in [5.74, 6) is -0.533. The second-order valence-corrected chi connectivity index (χ2v) is 4.61. The minimum Gasteiger partial charge on any atom is -0.340 e. The lowest BCUT2D eigenvalue weighted by molar-refractivity contribution is -0.141. The van der Waals surface area contributed by atoms with Gasteiger partial charge in [-0.3, -0.25) is 4.79 Å². The van der Waals surface area contributed by atoms with Gasteiger partial charge in [-0.15, -0.1) is 0 Å². The van der Waals surface area contributed by atoms with Crippen molar-refractivity contribution >= 4 is 21.8 Å². The Morgan fingerprint density at radius 2 is 2.06 bits per heavy atom. The summed E-state index contributed by atoms with van der Waals surface area (Å²) in [7, 11) is 1.53. The Kier molecular flexibility index (Phi) is 4.72. The Balaban J connectivity index is 3.12. The monoisotopic (exact) mass is 324 g/mol. The molecule has 1 aromatic heterocycles. The SMILES string of the molecule is CCCN(C)C(=O)c1nc(C(F)(F)F)ccc1Br. The quantitative estimate of drug-likeness (QED) is 0.854. The van der Waals surface area contributed by atoms with Crippen LogP contribution in [-0.4, -0.2) is 29.4 Å². The van der Waals surface area contributed by atoms with Gasteiger partial charge in [-0.1, -0.05) is 6.92 Å². The molecule has 0 saturated heterocycles. The summed E-state index contributed by atoms with van der Waals surface area (Å²) in [6.45, 7) is 2.33. The van der Waals surface area contributed by atoms with Crippen LogP contribution in [-0.2, 0) is 6.18 Å². The number of alkyl halides is 3. The summed E-state index contributed by atoms with van der Waals surface area (Å²) in [6.07, 6.45) is -3.84. The fraction of sp³-hybridized carbons (Fsp3) is 0.455. The molecule has 0 aliphatic heterocycles. The number of rotatable bonds is 3. The highest BCUT2D eigenvalue weighted by Gasteiger charge is 2.33. The van der Waals surface area contributed by atoms with Gasteiger partial charge in [0.1, 0.15) is 11.4 Å². The maximum Gasteiger partial charge on any atom is 0.433 e. The van der Waals surface area contributed by atoms with Crippen molar-refractivity contribution in [3.63, 3.8) is 0 Å². The number of hydrogen-bond donors (Lipinski definition) is 0. The van der Waals surface area contributed by atoms with Crippen molar-refractivity contribution in [2.45, 2.75) is 19.5 Å². The van der Waals surface area contributed by atoms with Crippen LogP contribution in [0.15, 0.2) is 16.6 Å². The number of hydrogen-bond acceptors (Lipinski definition) is 2. The summed E-state index contributed by atoms with van der Waals surface area (Å²) in [5.41, 5.74) is -1.29. The number of aromatic nitrogens is 1. The summed E-state index contributed by atoms with van der Waals surface area (Å²) in [5, 5.41) is 0. The molecule has 1 aromatic rings. The first-order valence-corrected chi connectivity index (χ1v) is 6.06. The van der Waals surface area contributed by atoms with Crippen LogP contribution in [0.25, 0.3) is 0 Å². The molecule has 1 rings (SSSR count). The van der Waals surface area contributed by atoms with E-state index in [9.17, 15) is 18.0 Å². The predicted octanol–water partition coefficient (Wildman–Crippen LogP) is 3.34. The zero-order valence-corrected chi connectivity index (χ0v) is 11.5. The molecule has 0 atom stereocenters. The zero-order chi connectivity index (χ0) is 13.9. The number of halogens is 4. The third kappa shape index (κ3) is 3.44. The van der Waals surface area contributed by atoms with E-state index in [2.05, 4.69) is 20.9 Å². The van der Waals surface area contributed by atoms with E-state index in [-0.39, 0.29) is 10.2 Å². The van der Waals surface area contributed by atoms with E-state index in [0.717, 1.165) is 12.5 Å². The molecule has 3 nitrogen and oxygen atoms in total. The number of nitrogens with zero attached hydrogens (tertiary/aromatic N) is 2. The molecule has 0 saturated carbocycles. The third-order valence-corrected chi connectivity index (χ3v) is 2.88. The largest absolute Gasteiger partial charge is 0.433 e. The van der Waals surface area contributed by atoms with Gasteiger partial charge >= 0.3 is 6.18 Å². The van der Waals surface area contributed by atoms with E-state index in [1.165, 1.54) is 18.0 Å². The lowest BCUT2D eigenvalue weighted by Crippen LogP contribution is -2.29. The normalized spacial score (nSPS) is 11.4. The van der Waals surface area contributed by atoms with E-state index < -0.39 is 17.8 Å². The summed E-state index contributed by atoms with van der Waals surface area (Å²) < 4.78 is 37.8. The maximum absolute atomic E-state index is 12.5. The molecule has 0 fully saturated rings. The number of amides is 1. The van der Waals surface area contributed by atoms with Crippen LogP contribution in [0, 0.1) is 0 Å². The molecular formula is C11H12BrF3N2O. The molecular weight excluding hydrogens is 313 g/mol. The van der Waals surface area contributed by atoms with E-state index in [1.54, 1.807) is 0 Å². The summed E-state index contributed by atoms with van der Waals surface area (Å²) in [4.78, 5) is 16.6. The lowest BCUT2D eigenvalue weighted by atomic mass is 10.2. The second kappa shape index (κ2) is 5.69. The first-order chi connectivity index (χ1) is 8.27. The van der Waals surface area contributed by atoms with Gasteiger partial charge in [0.05, 0.1) is 0 Å². The van der Waals surface area contributed by atoms with Gasteiger partial charge in [0.15, 0.2) is 0 Å². The zero-order valence-electron chi connectivity index (χ0n) is 9.88. The second-order valence-electron chi connectivity index (χ2n) is 3.75. The van der Waals surface area contributed by atoms with Crippen molar-refractivity contribution in [2.75, 3.05) is 13.6 Å². The molecule has 18 heavy (non-hydrogen) atoms. The minimum atomic E-state index is -4.56. The van der Waals surface area contributed by atoms with Crippen LogP contribution >= 0.6 is 15.9 Å². The van der Waals surface area contributed by atoms with Gasteiger partial charge in [0, 0.05) is 18.1 Å². The Labute approximate surface area is 111 Å². The van der Waals surface area contributed by atoms with Gasteiger partial charge in [0.25, 0.3) is 5.91 Å². The summed E-state index contributed by atoms with van der Waals surface area (Å²) in [6, 6.07) is 2.02. The highest BCUT2D eigenvalue weighted by atomic mass is 79.9. The van der Waals surface area contributed by atoms with Gasteiger partial charge in [-0.2, -0.15) is 13.2 Å². The standard InChI is InChI=1S/C11H12BrF3N2O/c1-3-6-17(2)10(18)9-7(12)4-5-8(16-9)11(13,14)15/h4-5H,3,6H2,1-2H3. The van der Waals surface area contributed by atoms with Crippen molar-refractivity contribution in [2.24, 2.45) is 0 Å². The average molecular weight is 325 g/mol. The first kappa shape index (κ1) is 14.9. The molecule has 1 heterocycles. The lowest BCUT2D eigenvalue weighted by Gasteiger charge is -2.17. The van der Waals surface area contributed by atoms with E-state index in [1.807, 2.05) is 6.92 Å². The number of carbonyl (C=O) groups is 1. The molecule has 0 aliphatic rings. The van der Waals surface area contributed by atoms with Crippen molar-refractivity contribution in [1.82, 2.24) is 9.88 Å². The Bertz CT molecular complexity index is 448. The molecule has 0 aliphatic carbocycles. The number of pyridine rings is 1. The fourth-order valence-electron chi connectivity index (χ4n) is 1.37. The van der Waals surface area contributed by atoms with Gasteiger partial charge < -0.3 is 4.90 Å². The molecule has 100 valence electrons. The molecule has 0 spiro atoms. The fourth-order valence-corrected chi connectivity index (χ4v) is 1.76. The Morgan fingerprint density at radius 3 is 2.56 bits per heavy atom. The van der Waals surface area contributed by atoms with Crippen LogP contribution in [0.5, 0.6) is 0 Å². The van der Waals surface area contributed by atoms with Crippen LogP contribution in [0.4, 0.5) is 13.2 Å². The van der Waals surface area contributed by atoms with E-state index >= 15 is 0 Å². The summed E-state index contributed by atoms with van der Waals surface area (Å²) >= 11 is 3.04. The van der Waals surface area contributed by atoms with Crippen LogP contribution in [0.1, 0.15) is 29.5 Å². The van der Waals surface area contributed by atoms with E-state index in [4.69, 9.17) is 0 Å². The molecule has 0 radical (unpaired) electrons. The van der Waals surface area contributed by atoms with Crippen LogP contribution < -0.4 is 0 Å². The number of carbonyl (C=O) groups excluding carboxylic acids is 1. The molecule has 7 heteroatoms. The topological polar surface area (TPSA) is 33.2 Å². The van der Waals surface area contributed by atoms with E-state index in [0.29, 0.717) is 6.54 Å². The Hall–Kier alpha value is -1.11. The van der Waals surface area contributed by atoms with Gasteiger partial charge in [0.2, 0.25) is 0 Å². The van der Waals surface area contributed by atoms with Crippen LogP contribution in [0.2, 0.25) is 0 Å². The van der Waals surface area contributed by atoms with Crippen molar-refractivity contribution in [3.05, 3.63) is 28.0 Å². The van der Waals surface area contributed by atoms with Crippen molar-refractivity contribution in [1.29, 1.82) is 0 Å². The van der Waals surface area contributed by atoms with Gasteiger partial charge in [-0.05, 0) is 34.5 Å². The highest BCUT2D eigenvalue weighted by Crippen LogP contribution is 2.29. The van der Waals surface area contributed by atoms with Crippen molar-refractivity contribution in [3.8, 4) is 0 Å². The minimum absolute atomic E-state index is 0.222. The third-order valence-electron chi connectivity index (χ3n) is 2.24. The average Bonchev–Trinajstić information content (AvgIpc) is 2.27. The molecule has 0 unspecified atom stereocenters. The van der Waals surface area contributed by atoms with Gasteiger partial charge in [-0.25, -0.2) is 4.98 Å². The van der Waals surface area contributed by atoms with Crippen molar-refractivity contribution < 1.29 is 18.0 Å². The maximum atomic E-state index is 12.5. The Morgan fingerprint density at radius 1 is 1.44 bits per heavy atom. The highest BCUT2D eigenvalue weighted by molar-refractivity contribution is 9.10. The smallest absolute Gasteiger partial charge is 0.340 e. The van der Waals surface area contributed by atoms with Crippen LogP contribution in [0.3, 0.4) is 0 Å².